The lowest BCUT2D eigenvalue weighted by molar-refractivity contribution is 0.0897. The number of nitrogens with one attached hydrogen (secondary N) is 2. The van der Waals surface area contributed by atoms with Crippen LogP contribution in [0.25, 0.3) is 10.9 Å². The maximum atomic E-state index is 12.6. The normalized spacial score (nSPS) is 16.7. The van der Waals surface area contributed by atoms with Crippen LogP contribution < -0.4 is 10.1 Å². The molecule has 100 valence electrons. The second-order valence-electron chi connectivity index (χ2n) is 5.00. The summed E-state index contributed by atoms with van der Waals surface area (Å²) in [6.45, 7) is 1.87. The molecule has 1 aliphatic heterocycles. The van der Waals surface area contributed by atoms with Crippen LogP contribution in [-0.4, -0.2) is 31.0 Å². The molecule has 0 saturated carbocycles. The van der Waals surface area contributed by atoms with Gasteiger partial charge in [0.1, 0.15) is 5.75 Å². The average Bonchev–Trinajstić information content (AvgIpc) is 2.90. The standard InChI is InChI=1S/C15H18N2O2/c1-19-11-2-3-14-12(8-11)13(9-17-14)15(18)10-4-6-16-7-5-10/h2-3,8-10,16-17H,4-7H2,1H3. The molecule has 0 bridgehead atoms. The molecule has 0 radical (unpaired) electrons. The number of aromatic amines is 1. The number of ether oxygens (including phenoxy) is 1. The molecule has 0 aliphatic carbocycles. The SMILES string of the molecule is COc1ccc2[nH]cc(C(=O)C3CCNCC3)c2c1. The lowest BCUT2D eigenvalue weighted by atomic mass is 9.89. The second-order valence-corrected chi connectivity index (χ2v) is 5.00. The molecule has 1 aliphatic rings. The first kappa shape index (κ1) is 12.2. The van der Waals surface area contributed by atoms with Crippen molar-refractivity contribution < 1.29 is 9.53 Å². The van der Waals surface area contributed by atoms with E-state index in [1.807, 2.05) is 24.4 Å². The number of methoxy groups -OCH3 is 1. The number of carbonyl (C=O) groups excluding carboxylic acids is 1. The predicted molar refractivity (Wildman–Crippen MR) is 74.8 cm³/mol. The van der Waals surface area contributed by atoms with Crippen molar-refractivity contribution in [3.8, 4) is 5.75 Å². The Morgan fingerprint density at radius 2 is 2.11 bits per heavy atom. The molecule has 1 saturated heterocycles. The highest BCUT2D eigenvalue weighted by atomic mass is 16.5. The molecule has 2 heterocycles. The maximum absolute atomic E-state index is 12.6. The van der Waals surface area contributed by atoms with E-state index in [1.165, 1.54) is 0 Å². The van der Waals surface area contributed by atoms with E-state index < -0.39 is 0 Å². The molecule has 0 spiro atoms. The number of aromatic nitrogens is 1. The van der Waals surface area contributed by atoms with Gasteiger partial charge in [0.15, 0.2) is 5.78 Å². The average molecular weight is 258 g/mol. The summed E-state index contributed by atoms with van der Waals surface area (Å²) in [5.74, 6) is 1.18. The van der Waals surface area contributed by atoms with Gasteiger partial charge in [-0.3, -0.25) is 4.79 Å². The number of ketones is 1. The first-order valence-corrected chi connectivity index (χ1v) is 6.69. The topological polar surface area (TPSA) is 54.1 Å². The van der Waals surface area contributed by atoms with Gasteiger partial charge in [0.05, 0.1) is 7.11 Å². The highest BCUT2D eigenvalue weighted by molar-refractivity contribution is 6.09. The van der Waals surface area contributed by atoms with Crippen LogP contribution in [0.15, 0.2) is 24.4 Å². The van der Waals surface area contributed by atoms with E-state index >= 15 is 0 Å². The van der Waals surface area contributed by atoms with Crippen molar-refractivity contribution >= 4 is 16.7 Å². The highest BCUT2D eigenvalue weighted by Crippen LogP contribution is 2.27. The number of Topliss-reactive ketones (excluding diaryl/α,β-unsaturated/α-hetero) is 1. The van der Waals surface area contributed by atoms with Crippen LogP contribution in [0.4, 0.5) is 0 Å². The van der Waals surface area contributed by atoms with Gasteiger partial charge in [0.2, 0.25) is 0 Å². The van der Waals surface area contributed by atoms with Gasteiger partial charge in [-0.25, -0.2) is 0 Å². The van der Waals surface area contributed by atoms with Crippen LogP contribution in [0.1, 0.15) is 23.2 Å². The van der Waals surface area contributed by atoms with Crippen LogP contribution in [0, 0.1) is 5.92 Å². The predicted octanol–water partition coefficient (Wildman–Crippen LogP) is 2.36. The van der Waals surface area contributed by atoms with E-state index in [-0.39, 0.29) is 11.7 Å². The fraction of sp³-hybridized carbons (Fsp3) is 0.400. The second kappa shape index (κ2) is 5.05. The number of piperidine rings is 1. The molecule has 0 atom stereocenters. The molecule has 4 nitrogen and oxygen atoms in total. The summed E-state index contributed by atoms with van der Waals surface area (Å²) in [6.07, 6.45) is 3.68. The molecular formula is C15H18N2O2. The van der Waals surface area contributed by atoms with E-state index in [4.69, 9.17) is 4.74 Å². The molecule has 0 amide bonds. The number of H-pyrrole nitrogens is 1. The molecule has 3 rings (SSSR count). The molecule has 19 heavy (non-hydrogen) atoms. The first-order valence-electron chi connectivity index (χ1n) is 6.69. The Morgan fingerprint density at radius 1 is 1.32 bits per heavy atom. The largest absolute Gasteiger partial charge is 0.497 e. The number of fused-ring (bicyclic) bond motifs is 1. The molecular weight excluding hydrogens is 240 g/mol. The van der Waals surface area contributed by atoms with E-state index in [1.54, 1.807) is 7.11 Å². The zero-order valence-electron chi connectivity index (χ0n) is 11.0. The lowest BCUT2D eigenvalue weighted by Crippen LogP contribution is -2.31. The Morgan fingerprint density at radius 3 is 2.84 bits per heavy atom. The fourth-order valence-electron chi connectivity index (χ4n) is 2.73. The first-order chi connectivity index (χ1) is 9.29. The molecule has 2 aromatic rings. The van der Waals surface area contributed by atoms with Crippen molar-refractivity contribution in [3.63, 3.8) is 0 Å². The Hall–Kier alpha value is -1.81. The fourth-order valence-corrected chi connectivity index (χ4v) is 2.73. The van der Waals surface area contributed by atoms with Gasteiger partial charge in [0.25, 0.3) is 0 Å². The Balaban J connectivity index is 1.97. The number of hydrogen-bond donors (Lipinski definition) is 2. The van der Waals surface area contributed by atoms with E-state index in [9.17, 15) is 4.79 Å². The summed E-state index contributed by atoms with van der Waals surface area (Å²) in [6, 6.07) is 5.78. The monoisotopic (exact) mass is 258 g/mol. The van der Waals surface area contributed by atoms with Crippen molar-refractivity contribution in [1.29, 1.82) is 0 Å². The minimum atomic E-state index is 0.145. The third-order valence-electron chi connectivity index (χ3n) is 3.86. The smallest absolute Gasteiger partial charge is 0.168 e. The van der Waals surface area contributed by atoms with Gasteiger partial charge in [-0.1, -0.05) is 0 Å². The minimum absolute atomic E-state index is 0.145. The number of rotatable bonds is 3. The molecule has 1 aromatic heterocycles. The number of carbonyl (C=O) groups is 1. The third-order valence-corrected chi connectivity index (χ3v) is 3.86. The zero-order valence-corrected chi connectivity index (χ0v) is 11.0. The summed E-state index contributed by atoms with van der Waals surface area (Å²) in [5, 5.41) is 4.25. The van der Waals surface area contributed by atoms with Crippen LogP contribution in [-0.2, 0) is 0 Å². The van der Waals surface area contributed by atoms with Crippen molar-refractivity contribution in [3.05, 3.63) is 30.0 Å². The lowest BCUT2D eigenvalue weighted by Gasteiger charge is -2.21. The van der Waals surface area contributed by atoms with Gasteiger partial charge in [0, 0.05) is 28.6 Å². The number of hydrogen-bond acceptors (Lipinski definition) is 3. The summed E-state index contributed by atoms with van der Waals surface area (Å²) in [4.78, 5) is 15.8. The minimum Gasteiger partial charge on any atom is -0.497 e. The Labute approximate surface area is 112 Å². The van der Waals surface area contributed by atoms with Crippen LogP contribution in [0.3, 0.4) is 0 Å². The summed E-state index contributed by atoms with van der Waals surface area (Å²) in [7, 11) is 1.64. The van der Waals surface area contributed by atoms with Crippen LogP contribution in [0.5, 0.6) is 5.75 Å². The van der Waals surface area contributed by atoms with Crippen LogP contribution in [0.2, 0.25) is 0 Å². The van der Waals surface area contributed by atoms with E-state index in [2.05, 4.69) is 10.3 Å². The highest BCUT2D eigenvalue weighted by Gasteiger charge is 2.24. The Kier molecular flexibility index (Phi) is 3.25. The van der Waals surface area contributed by atoms with Crippen LogP contribution >= 0.6 is 0 Å². The molecule has 1 aromatic carbocycles. The Bertz CT molecular complexity index is 597. The maximum Gasteiger partial charge on any atom is 0.168 e. The molecule has 1 fully saturated rings. The molecule has 4 heteroatoms. The third kappa shape index (κ3) is 2.24. The van der Waals surface area contributed by atoms with Gasteiger partial charge < -0.3 is 15.0 Å². The van der Waals surface area contributed by atoms with Gasteiger partial charge in [-0.15, -0.1) is 0 Å². The van der Waals surface area contributed by atoms with Crippen molar-refractivity contribution in [1.82, 2.24) is 10.3 Å². The zero-order chi connectivity index (χ0) is 13.2. The molecule has 2 N–H and O–H groups in total. The van der Waals surface area contributed by atoms with Gasteiger partial charge in [-0.2, -0.15) is 0 Å². The summed E-state index contributed by atoms with van der Waals surface area (Å²) in [5.41, 5.74) is 1.78. The van der Waals surface area contributed by atoms with Gasteiger partial charge >= 0.3 is 0 Å². The van der Waals surface area contributed by atoms with E-state index in [0.29, 0.717) is 0 Å². The summed E-state index contributed by atoms with van der Waals surface area (Å²) < 4.78 is 5.24. The van der Waals surface area contributed by atoms with Gasteiger partial charge in [-0.05, 0) is 44.1 Å². The summed E-state index contributed by atoms with van der Waals surface area (Å²) >= 11 is 0. The molecule has 0 unspecified atom stereocenters. The van der Waals surface area contributed by atoms with Crippen molar-refractivity contribution in [2.75, 3.05) is 20.2 Å². The quantitative estimate of drug-likeness (QED) is 0.831. The number of benzene rings is 1. The van der Waals surface area contributed by atoms with Crippen molar-refractivity contribution in [2.45, 2.75) is 12.8 Å². The van der Waals surface area contributed by atoms with E-state index in [0.717, 1.165) is 48.1 Å². The van der Waals surface area contributed by atoms with Crippen molar-refractivity contribution in [2.24, 2.45) is 5.92 Å².